The van der Waals surface area contributed by atoms with E-state index in [0.717, 1.165) is 0 Å². The normalized spacial score (nSPS) is 2.18. The summed E-state index contributed by atoms with van der Waals surface area (Å²) in [5.41, 5.74) is 0. The van der Waals surface area contributed by atoms with Crippen LogP contribution in [0.2, 0.25) is 0 Å². The fourth-order valence-corrected chi connectivity index (χ4v) is 0. The van der Waals surface area contributed by atoms with Crippen molar-refractivity contribution in [2.45, 2.75) is 0 Å². The smallest absolute Gasteiger partial charge is 1.00 e. The Labute approximate surface area is 100 Å². The van der Waals surface area contributed by atoms with Crippen LogP contribution in [-0.2, 0) is 0 Å². The van der Waals surface area contributed by atoms with Crippen molar-refractivity contribution in [1.82, 2.24) is 0 Å². The summed E-state index contributed by atoms with van der Waals surface area (Å²) in [6, 6.07) is 0. The van der Waals surface area contributed by atoms with Crippen LogP contribution in [0.3, 0.4) is 0 Å². The van der Waals surface area contributed by atoms with Crippen molar-refractivity contribution in [1.29, 1.82) is 0 Å². The van der Waals surface area contributed by atoms with E-state index in [1.165, 1.54) is 0 Å². The maximum Gasteiger partial charge on any atom is 2.00 e. The molecule has 0 saturated carbocycles. The zero-order valence-electron chi connectivity index (χ0n) is 9.72. The van der Waals surface area contributed by atoms with Crippen molar-refractivity contribution < 1.29 is 48.1 Å². The minimum absolute atomic E-state index is 0. The molecular weight excluding hydrogens is 189 g/mol. The molecule has 0 unspecified atom stereocenters. The average molecular weight is 205 g/mol. The van der Waals surface area contributed by atoms with Gasteiger partial charge in [0.05, 0.1) is 0 Å². The maximum atomic E-state index is 8.56. The third-order valence-corrected chi connectivity index (χ3v) is 0. The molecule has 0 spiro atoms. The van der Waals surface area contributed by atoms with E-state index < -0.39 is 6.16 Å². The molecule has 0 atom stereocenters. The molecule has 0 aliphatic heterocycles. The Balaban J connectivity index is -0.000000000818. The molecule has 0 bridgehead atoms. The summed E-state index contributed by atoms with van der Waals surface area (Å²) in [6.45, 7) is 0. The molecule has 12 N–H and O–H groups in total. The van der Waals surface area contributed by atoms with E-state index in [2.05, 4.69) is 0 Å². The zero-order valence-corrected chi connectivity index (χ0v) is 8.55. The van der Waals surface area contributed by atoms with E-state index in [1.807, 2.05) is 0 Å². The molecule has 0 heterocycles. The van der Waals surface area contributed by atoms with Crippen LogP contribution in [0.15, 0.2) is 0 Å². The first-order valence-corrected chi connectivity index (χ1v) is 0.651. The van der Waals surface area contributed by atoms with Crippen LogP contribution < -0.4 is 0 Å². The molecule has 0 aliphatic rings. The van der Waals surface area contributed by atoms with Gasteiger partial charge in [-0.25, -0.2) is 4.79 Å². The molecular formula is CH16Mg2O8. The molecule has 0 amide bonds. The third-order valence-electron chi connectivity index (χ3n) is 0. The van der Waals surface area contributed by atoms with Crippen LogP contribution in [0.5, 0.6) is 0 Å². The first-order chi connectivity index (χ1) is 1.73. The van der Waals surface area contributed by atoms with Gasteiger partial charge in [0.2, 0.25) is 0 Å². The minimum Gasteiger partial charge on any atom is -1.00 e. The van der Waals surface area contributed by atoms with Crippen LogP contribution in [0, 0.1) is 0 Å². The van der Waals surface area contributed by atoms with Crippen molar-refractivity contribution in [3.63, 3.8) is 0 Å². The second-order valence-corrected chi connectivity index (χ2v) is 0.283. The van der Waals surface area contributed by atoms with Gasteiger partial charge in [-0.05, 0) is 0 Å². The van der Waals surface area contributed by atoms with Gasteiger partial charge in [0, 0.05) is 0 Å². The molecule has 0 aromatic carbocycles. The van der Waals surface area contributed by atoms with Crippen LogP contribution in [0.4, 0.5) is 4.79 Å². The van der Waals surface area contributed by atoms with Gasteiger partial charge in [-0.3, -0.25) is 0 Å². The molecule has 8 nitrogen and oxygen atoms in total. The van der Waals surface area contributed by atoms with E-state index in [1.54, 1.807) is 0 Å². The summed E-state index contributed by atoms with van der Waals surface area (Å²) >= 11 is 0. The first kappa shape index (κ1) is 100. The van der Waals surface area contributed by atoms with Crippen molar-refractivity contribution in [2.75, 3.05) is 0 Å². The standard InChI is InChI=1S/CH2O3.2Mg.5H2O.4H/c2-1(3)4;;;;;;;;;;;/h(H2,2,3,4);;;5*1H2;;;;/q;2*+2;;;;;;4*-1. The summed E-state index contributed by atoms with van der Waals surface area (Å²) < 4.78 is 0. The SMILES string of the molecule is O.O.O.O.O.O=C(O)O.[H-].[H-].[H-].[H-].[Mg+2].[Mg+2]. The van der Waals surface area contributed by atoms with Gasteiger partial charge in [-0.15, -0.1) is 0 Å². The van der Waals surface area contributed by atoms with Crippen molar-refractivity contribution in [3.05, 3.63) is 0 Å². The number of hydrogen-bond donors (Lipinski definition) is 2. The second kappa shape index (κ2) is 75.3. The van der Waals surface area contributed by atoms with E-state index >= 15 is 0 Å². The Morgan fingerprint density at radius 3 is 0.818 bits per heavy atom. The van der Waals surface area contributed by atoms with Gasteiger partial charge in [0.15, 0.2) is 0 Å². The predicted octanol–water partition coefficient (Wildman–Crippen LogP) is -4.21. The number of hydrogen-bond acceptors (Lipinski definition) is 1. The van der Waals surface area contributed by atoms with Crippen molar-refractivity contribution in [2.24, 2.45) is 0 Å². The Bertz CT molecular complexity index is 47.6. The topological polar surface area (TPSA) is 215 Å². The van der Waals surface area contributed by atoms with Crippen LogP contribution in [0.25, 0.3) is 0 Å². The quantitative estimate of drug-likeness (QED) is 0.375. The second-order valence-electron chi connectivity index (χ2n) is 0.283. The number of carboxylic acid groups (broad SMARTS) is 2. The van der Waals surface area contributed by atoms with Crippen LogP contribution in [0.1, 0.15) is 5.71 Å². The largest absolute Gasteiger partial charge is 2.00 e. The van der Waals surface area contributed by atoms with E-state index in [0.29, 0.717) is 0 Å². The summed E-state index contributed by atoms with van der Waals surface area (Å²) in [5.74, 6) is 0. The molecule has 0 aliphatic carbocycles. The molecule has 0 radical (unpaired) electrons. The molecule has 0 aromatic heterocycles. The monoisotopic (exact) mass is 204 g/mol. The molecule has 72 valence electrons. The van der Waals surface area contributed by atoms with Gasteiger partial charge in [0.1, 0.15) is 0 Å². The minimum atomic E-state index is -1.83. The summed E-state index contributed by atoms with van der Waals surface area (Å²) in [7, 11) is 0. The fourth-order valence-electron chi connectivity index (χ4n) is 0. The molecule has 11 heavy (non-hydrogen) atoms. The summed E-state index contributed by atoms with van der Waals surface area (Å²) in [5, 5.41) is 13.9. The Hall–Kier alpha value is 0.602. The summed E-state index contributed by atoms with van der Waals surface area (Å²) in [6.07, 6.45) is -1.83. The molecule has 10 heteroatoms. The average Bonchev–Trinajstić information content (AvgIpc) is 0.811. The van der Waals surface area contributed by atoms with Gasteiger partial charge in [-0.2, -0.15) is 0 Å². The first-order valence-electron chi connectivity index (χ1n) is 0.651. The van der Waals surface area contributed by atoms with Gasteiger partial charge < -0.3 is 43.3 Å². The fraction of sp³-hybridized carbons (Fsp3) is 0. The van der Waals surface area contributed by atoms with Gasteiger partial charge in [-0.1, -0.05) is 0 Å². The van der Waals surface area contributed by atoms with Gasteiger partial charge >= 0.3 is 52.3 Å². The Kier molecular flexibility index (Phi) is 688. The Morgan fingerprint density at radius 2 is 0.818 bits per heavy atom. The molecule has 0 aromatic rings. The van der Waals surface area contributed by atoms with Crippen LogP contribution in [-0.4, -0.2) is 89.9 Å². The van der Waals surface area contributed by atoms with Crippen molar-refractivity contribution >= 4 is 52.3 Å². The van der Waals surface area contributed by atoms with E-state index in [-0.39, 0.29) is 79.2 Å². The number of carbonyl (C=O) groups is 1. The van der Waals surface area contributed by atoms with E-state index in [4.69, 9.17) is 15.0 Å². The Morgan fingerprint density at radius 1 is 0.818 bits per heavy atom. The third kappa shape index (κ3) is 2160. The van der Waals surface area contributed by atoms with Gasteiger partial charge in [0.25, 0.3) is 0 Å². The number of rotatable bonds is 0. The maximum absolute atomic E-state index is 8.56. The molecule has 0 rings (SSSR count). The predicted molar refractivity (Wildman–Crippen MR) is 44.7 cm³/mol. The molecule has 0 fully saturated rings. The van der Waals surface area contributed by atoms with Crippen LogP contribution >= 0.6 is 0 Å². The summed E-state index contributed by atoms with van der Waals surface area (Å²) in [4.78, 5) is 8.56. The van der Waals surface area contributed by atoms with E-state index in [9.17, 15) is 0 Å². The zero-order chi connectivity index (χ0) is 3.58. The van der Waals surface area contributed by atoms with Crippen molar-refractivity contribution in [3.8, 4) is 0 Å². The molecule has 0 saturated heterocycles.